The van der Waals surface area contributed by atoms with Crippen LogP contribution in [-0.2, 0) is 4.79 Å². The van der Waals surface area contributed by atoms with Crippen molar-refractivity contribution in [3.8, 4) is 0 Å². The summed E-state index contributed by atoms with van der Waals surface area (Å²) in [5.41, 5.74) is 0.121. The monoisotopic (exact) mass is 282 g/mol. The Hall–Kier alpha value is -1.56. The minimum Gasteiger partial charge on any atom is -0.478 e. The third-order valence-corrected chi connectivity index (χ3v) is 3.46. The summed E-state index contributed by atoms with van der Waals surface area (Å²) in [6.45, 7) is 6.37. The number of aromatic carboxylic acids is 1. The molecule has 0 aliphatic rings. The summed E-state index contributed by atoms with van der Waals surface area (Å²) in [5.74, 6) is -0.767. The average molecular weight is 282 g/mol. The number of pyridine rings is 1. The van der Waals surface area contributed by atoms with Crippen molar-refractivity contribution in [3.05, 3.63) is 23.9 Å². The number of amides is 1. The van der Waals surface area contributed by atoms with Crippen LogP contribution in [0, 0.1) is 5.92 Å². The molecule has 19 heavy (non-hydrogen) atoms. The van der Waals surface area contributed by atoms with Crippen LogP contribution >= 0.6 is 11.8 Å². The summed E-state index contributed by atoms with van der Waals surface area (Å²) < 4.78 is 0. The first-order chi connectivity index (χ1) is 8.91. The molecule has 0 fully saturated rings. The quantitative estimate of drug-likeness (QED) is 0.780. The molecular weight excluding hydrogens is 264 g/mol. The number of carbonyl (C=O) groups excluding carboxylic acids is 1. The molecule has 6 heteroatoms. The maximum atomic E-state index is 11.8. The van der Waals surface area contributed by atoms with Gasteiger partial charge in [-0.3, -0.25) is 4.79 Å². The van der Waals surface area contributed by atoms with Crippen molar-refractivity contribution in [3.63, 3.8) is 0 Å². The van der Waals surface area contributed by atoms with E-state index in [4.69, 9.17) is 5.11 Å². The first-order valence-electron chi connectivity index (χ1n) is 6.04. The first-order valence-corrected chi connectivity index (χ1v) is 6.92. The molecule has 1 aromatic heterocycles. The number of aromatic nitrogens is 1. The van der Waals surface area contributed by atoms with E-state index < -0.39 is 5.97 Å². The lowest BCUT2D eigenvalue weighted by Crippen LogP contribution is -2.33. The number of hydrogen-bond donors (Lipinski definition) is 2. The number of nitrogens with zero attached hydrogens (tertiary/aromatic N) is 1. The molecular formula is C13H18N2O3S. The molecule has 1 rings (SSSR count). The van der Waals surface area contributed by atoms with E-state index in [9.17, 15) is 9.59 Å². The highest BCUT2D eigenvalue weighted by molar-refractivity contribution is 8.00. The Morgan fingerprint density at radius 3 is 2.68 bits per heavy atom. The number of rotatable bonds is 6. The number of nitrogens with one attached hydrogen (secondary N) is 1. The molecule has 104 valence electrons. The van der Waals surface area contributed by atoms with Gasteiger partial charge in [-0.25, -0.2) is 9.78 Å². The van der Waals surface area contributed by atoms with Crippen molar-refractivity contribution in [2.24, 2.45) is 5.92 Å². The van der Waals surface area contributed by atoms with Crippen LogP contribution in [0.3, 0.4) is 0 Å². The number of carboxylic acids is 1. The lowest BCUT2D eigenvalue weighted by Gasteiger charge is -2.13. The largest absolute Gasteiger partial charge is 0.478 e. The van der Waals surface area contributed by atoms with Gasteiger partial charge >= 0.3 is 5.97 Å². The van der Waals surface area contributed by atoms with Gasteiger partial charge in [-0.05, 0) is 25.0 Å². The fourth-order valence-electron chi connectivity index (χ4n) is 1.32. The van der Waals surface area contributed by atoms with Crippen molar-refractivity contribution < 1.29 is 14.7 Å². The zero-order valence-electron chi connectivity index (χ0n) is 11.2. The second-order valence-corrected chi connectivity index (χ2v) is 5.89. The average Bonchev–Trinajstić information content (AvgIpc) is 2.36. The predicted molar refractivity (Wildman–Crippen MR) is 74.4 cm³/mol. The van der Waals surface area contributed by atoms with Crippen LogP contribution < -0.4 is 5.32 Å². The minimum atomic E-state index is -1.04. The molecule has 0 saturated carbocycles. The number of thioether (sulfide) groups is 1. The van der Waals surface area contributed by atoms with Crippen LogP contribution in [0.4, 0.5) is 0 Å². The summed E-state index contributed by atoms with van der Waals surface area (Å²) >= 11 is 1.15. The molecule has 1 amide bonds. The molecule has 2 N–H and O–H groups in total. The summed E-state index contributed by atoms with van der Waals surface area (Å²) in [5, 5.41) is 11.8. The molecule has 0 aliphatic carbocycles. The van der Waals surface area contributed by atoms with E-state index in [1.807, 2.05) is 13.8 Å². The van der Waals surface area contributed by atoms with Gasteiger partial charge in [-0.15, -0.1) is 0 Å². The van der Waals surface area contributed by atoms with Gasteiger partial charge in [0.25, 0.3) is 0 Å². The summed E-state index contributed by atoms with van der Waals surface area (Å²) in [6, 6.07) is 3.05. The van der Waals surface area contributed by atoms with Crippen LogP contribution in [0.5, 0.6) is 0 Å². The van der Waals surface area contributed by atoms with Gasteiger partial charge in [0, 0.05) is 12.7 Å². The predicted octanol–water partition coefficient (Wildman–Crippen LogP) is 2.03. The Morgan fingerprint density at radius 1 is 1.42 bits per heavy atom. The zero-order valence-corrected chi connectivity index (χ0v) is 12.0. The molecule has 0 spiro atoms. The van der Waals surface area contributed by atoms with Gasteiger partial charge in [-0.2, -0.15) is 0 Å². The van der Waals surface area contributed by atoms with Crippen molar-refractivity contribution in [2.45, 2.75) is 31.0 Å². The molecule has 1 atom stereocenters. The van der Waals surface area contributed by atoms with E-state index >= 15 is 0 Å². The van der Waals surface area contributed by atoms with E-state index in [0.717, 1.165) is 11.8 Å². The molecule has 0 bridgehead atoms. The van der Waals surface area contributed by atoms with E-state index in [2.05, 4.69) is 10.3 Å². The molecule has 0 saturated heterocycles. The Balaban J connectivity index is 2.69. The van der Waals surface area contributed by atoms with E-state index in [0.29, 0.717) is 17.5 Å². The van der Waals surface area contributed by atoms with Gasteiger partial charge in [0.1, 0.15) is 5.03 Å². The fourth-order valence-corrected chi connectivity index (χ4v) is 2.25. The Bertz CT molecular complexity index is 463. The number of carbonyl (C=O) groups is 2. The maximum Gasteiger partial charge on any atom is 0.338 e. The fraction of sp³-hybridized carbons (Fsp3) is 0.462. The van der Waals surface area contributed by atoms with Gasteiger partial charge in [-0.1, -0.05) is 25.6 Å². The molecule has 1 unspecified atom stereocenters. The van der Waals surface area contributed by atoms with Crippen LogP contribution in [0.1, 0.15) is 31.1 Å². The highest BCUT2D eigenvalue weighted by Crippen LogP contribution is 2.24. The van der Waals surface area contributed by atoms with Crippen LogP contribution in [0.25, 0.3) is 0 Å². The topological polar surface area (TPSA) is 79.3 Å². The molecule has 0 aromatic carbocycles. The third kappa shape index (κ3) is 4.90. The Labute approximate surface area is 116 Å². The second-order valence-electron chi connectivity index (χ2n) is 4.56. The summed E-state index contributed by atoms with van der Waals surface area (Å²) in [4.78, 5) is 26.9. The molecule has 1 heterocycles. The third-order valence-electron chi connectivity index (χ3n) is 2.34. The van der Waals surface area contributed by atoms with Gasteiger partial charge in [0.2, 0.25) is 5.91 Å². The van der Waals surface area contributed by atoms with Crippen molar-refractivity contribution in [1.82, 2.24) is 10.3 Å². The Kier molecular flexibility index (Phi) is 5.82. The smallest absolute Gasteiger partial charge is 0.338 e. The molecule has 0 radical (unpaired) electrons. The van der Waals surface area contributed by atoms with Crippen molar-refractivity contribution in [1.29, 1.82) is 0 Å². The molecule has 5 nitrogen and oxygen atoms in total. The van der Waals surface area contributed by atoms with Crippen molar-refractivity contribution >= 4 is 23.6 Å². The van der Waals surface area contributed by atoms with Gasteiger partial charge in [0.05, 0.1) is 10.8 Å². The van der Waals surface area contributed by atoms with E-state index in [-0.39, 0.29) is 16.7 Å². The van der Waals surface area contributed by atoms with Crippen LogP contribution in [-0.4, -0.2) is 33.8 Å². The van der Waals surface area contributed by atoms with Gasteiger partial charge < -0.3 is 10.4 Å². The number of carboxylic acid groups (broad SMARTS) is 1. The van der Waals surface area contributed by atoms with Crippen molar-refractivity contribution in [2.75, 3.05) is 6.54 Å². The highest BCUT2D eigenvalue weighted by atomic mass is 32.2. The number of hydrogen-bond acceptors (Lipinski definition) is 4. The summed E-state index contributed by atoms with van der Waals surface area (Å²) in [7, 11) is 0. The zero-order chi connectivity index (χ0) is 14.4. The van der Waals surface area contributed by atoms with E-state index in [1.54, 1.807) is 13.0 Å². The SMILES string of the molecule is CC(C)CNC(=O)C(C)Sc1ncccc1C(=O)O. The van der Waals surface area contributed by atoms with Crippen LogP contribution in [0.2, 0.25) is 0 Å². The lowest BCUT2D eigenvalue weighted by molar-refractivity contribution is -0.120. The summed E-state index contributed by atoms with van der Waals surface area (Å²) in [6.07, 6.45) is 1.52. The highest BCUT2D eigenvalue weighted by Gasteiger charge is 2.19. The Morgan fingerprint density at radius 2 is 2.11 bits per heavy atom. The lowest BCUT2D eigenvalue weighted by atomic mass is 10.2. The molecule has 1 aromatic rings. The first kappa shape index (κ1) is 15.5. The molecule has 0 aliphatic heterocycles. The second kappa shape index (κ2) is 7.13. The van der Waals surface area contributed by atoms with E-state index in [1.165, 1.54) is 12.3 Å². The van der Waals surface area contributed by atoms with Crippen LogP contribution in [0.15, 0.2) is 23.4 Å². The minimum absolute atomic E-state index is 0.110. The normalized spacial score (nSPS) is 12.2. The maximum absolute atomic E-state index is 11.8. The standard InChI is InChI=1S/C13H18N2O3S/c1-8(2)7-15-11(16)9(3)19-12-10(13(17)18)5-4-6-14-12/h4-6,8-9H,7H2,1-3H3,(H,15,16)(H,17,18). The van der Waals surface area contributed by atoms with Gasteiger partial charge in [0.15, 0.2) is 0 Å².